The predicted octanol–water partition coefficient (Wildman–Crippen LogP) is 1.92. The molecule has 1 aromatic carbocycles. The van der Waals surface area contributed by atoms with E-state index in [4.69, 9.17) is 16.9 Å². The second-order valence-corrected chi connectivity index (χ2v) is 6.57. The molecule has 9 heteroatoms. The van der Waals surface area contributed by atoms with Gasteiger partial charge in [-0.25, -0.2) is 8.42 Å². The molecule has 0 spiro atoms. The highest BCUT2D eigenvalue weighted by Gasteiger charge is 2.36. The molecular formula is C11H10ClN3O4S. The lowest BCUT2D eigenvalue weighted by Gasteiger charge is -2.19. The van der Waals surface area contributed by atoms with E-state index in [1.165, 1.54) is 12.1 Å². The third-order valence-corrected chi connectivity index (χ3v) is 5.30. The van der Waals surface area contributed by atoms with Gasteiger partial charge >= 0.3 is 0 Å². The maximum absolute atomic E-state index is 12.4. The van der Waals surface area contributed by atoms with Gasteiger partial charge in [0.1, 0.15) is 11.1 Å². The lowest BCUT2D eigenvalue weighted by molar-refractivity contribution is -0.384. The molecule has 1 heterocycles. The van der Waals surface area contributed by atoms with E-state index in [9.17, 15) is 18.5 Å². The van der Waals surface area contributed by atoms with Gasteiger partial charge in [0.15, 0.2) is 0 Å². The molecule has 0 aliphatic carbocycles. The van der Waals surface area contributed by atoms with Crippen LogP contribution in [-0.2, 0) is 10.0 Å². The molecule has 1 aliphatic heterocycles. The van der Waals surface area contributed by atoms with Crippen LogP contribution in [0.15, 0.2) is 23.1 Å². The van der Waals surface area contributed by atoms with Gasteiger partial charge in [-0.15, -0.1) is 0 Å². The molecule has 7 nitrogen and oxygen atoms in total. The van der Waals surface area contributed by atoms with E-state index < -0.39 is 26.7 Å². The second-order valence-electron chi connectivity index (χ2n) is 4.27. The molecule has 106 valence electrons. The van der Waals surface area contributed by atoms with Crippen molar-refractivity contribution in [1.82, 2.24) is 4.31 Å². The molecule has 0 aromatic heterocycles. The monoisotopic (exact) mass is 315 g/mol. The molecule has 0 bridgehead atoms. The summed E-state index contributed by atoms with van der Waals surface area (Å²) in [5, 5.41) is 19.6. The fraction of sp³-hybridized carbons (Fsp3) is 0.364. The lowest BCUT2D eigenvalue weighted by Crippen LogP contribution is -2.34. The van der Waals surface area contributed by atoms with Crippen LogP contribution in [0.2, 0.25) is 5.02 Å². The van der Waals surface area contributed by atoms with Gasteiger partial charge in [0.05, 0.1) is 15.9 Å². The third kappa shape index (κ3) is 2.47. The summed E-state index contributed by atoms with van der Waals surface area (Å²) in [7, 11) is -3.93. The molecule has 1 aliphatic rings. The Kier molecular flexibility index (Phi) is 3.94. The highest BCUT2D eigenvalue weighted by atomic mass is 35.5. The normalized spacial score (nSPS) is 19.7. The first-order chi connectivity index (χ1) is 9.37. The van der Waals surface area contributed by atoms with Gasteiger partial charge in [-0.05, 0) is 25.0 Å². The van der Waals surface area contributed by atoms with Crippen molar-refractivity contribution in [3.63, 3.8) is 0 Å². The average Bonchev–Trinajstić information content (AvgIpc) is 2.87. The van der Waals surface area contributed by atoms with Crippen LogP contribution in [0.4, 0.5) is 5.69 Å². The third-order valence-electron chi connectivity index (χ3n) is 3.07. The van der Waals surface area contributed by atoms with Crippen molar-refractivity contribution in [3.8, 4) is 6.07 Å². The molecule has 1 atom stereocenters. The minimum absolute atomic E-state index is 0.132. The SMILES string of the molecule is N#CC1CCCN1S(=O)(=O)c1ccc(Cl)c([N+](=O)[O-])c1. The molecule has 0 N–H and O–H groups in total. The van der Waals surface area contributed by atoms with Crippen molar-refractivity contribution in [2.24, 2.45) is 0 Å². The first-order valence-electron chi connectivity index (χ1n) is 5.73. The van der Waals surface area contributed by atoms with E-state index in [0.29, 0.717) is 12.8 Å². The van der Waals surface area contributed by atoms with Crippen LogP contribution in [0.25, 0.3) is 0 Å². The van der Waals surface area contributed by atoms with Crippen LogP contribution in [0.3, 0.4) is 0 Å². The van der Waals surface area contributed by atoms with Crippen LogP contribution in [0.1, 0.15) is 12.8 Å². The van der Waals surface area contributed by atoms with Gasteiger partial charge in [-0.3, -0.25) is 10.1 Å². The number of nitriles is 1. The van der Waals surface area contributed by atoms with Crippen molar-refractivity contribution < 1.29 is 13.3 Å². The Morgan fingerprint density at radius 2 is 2.20 bits per heavy atom. The zero-order valence-electron chi connectivity index (χ0n) is 10.2. The molecular weight excluding hydrogens is 306 g/mol. The summed E-state index contributed by atoms with van der Waals surface area (Å²) in [6.07, 6.45) is 1.05. The fourth-order valence-electron chi connectivity index (χ4n) is 2.09. The summed E-state index contributed by atoms with van der Waals surface area (Å²) in [5.41, 5.74) is -0.472. The molecule has 1 saturated heterocycles. The van der Waals surface area contributed by atoms with E-state index in [0.717, 1.165) is 10.4 Å². The number of hydrogen-bond acceptors (Lipinski definition) is 5. The maximum atomic E-state index is 12.4. The summed E-state index contributed by atoms with van der Waals surface area (Å²) >= 11 is 5.65. The van der Waals surface area contributed by atoms with Crippen LogP contribution < -0.4 is 0 Å². The van der Waals surface area contributed by atoms with Crippen molar-refractivity contribution in [3.05, 3.63) is 33.3 Å². The van der Waals surface area contributed by atoms with Gasteiger partial charge in [0, 0.05) is 12.6 Å². The Labute approximate surface area is 120 Å². The zero-order chi connectivity index (χ0) is 14.9. The Morgan fingerprint density at radius 1 is 1.50 bits per heavy atom. The van der Waals surface area contributed by atoms with Crippen molar-refractivity contribution >= 4 is 27.3 Å². The molecule has 20 heavy (non-hydrogen) atoms. The van der Waals surface area contributed by atoms with E-state index >= 15 is 0 Å². The largest absolute Gasteiger partial charge is 0.289 e. The van der Waals surface area contributed by atoms with E-state index in [-0.39, 0.29) is 16.5 Å². The van der Waals surface area contributed by atoms with E-state index in [1.807, 2.05) is 6.07 Å². The van der Waals surface area contributed by atoms with Crippen molar-refractivity contribution in [2.45, 2.75) is 23.8 Å². The molecule has 1 unspecified atom stereocenters. The van der Waals surface area contributed by atoms with E-state index in [2.05, 4.69) is 0 Å². The molecule has 1 aromatic rings. The number of sulfonamides is 1. The van der Waals surface area contributed by atoms with Gasteiger partial charge in [-0.1, -0.05) is 11.6 Å². The van der Waals surface area contributed by atoms with Gasteiger partial charge in [0.25, 0.3) is 5.69 Å². The number of nitro groups is 1. The summed E-state index contributed by atoms with van der Waals surface area (Å²) in [6.45, 7) is 0.233. The number of rotatable bonds is 3. The number of nitro benzene ring substituents is 1. The summed E-state index contributed by atoms with van der Waals surface area (Å²) in [6, 6.07) is 4.50. The molecule has 0 saturated carbocycles. The molecule has 1 fully saturated rings. The summed E-state index contributed by atoms with van der Waals surface area (Å²) in [5.74, 6) is 0. The quantitative estimate of drug-likeness (QED) is 0.626. The zero-order valence-corrected chi connectivity index (χ0v) is 11.8. The number of nitrogens with zero attached hydrogens (tertiary/aromatic N) is 3. The van der Waals surface area contributed by atoms with Crippen LogP contribution >= 0.6 is 11.6 Å². The summed E-state index contributed by atoms with van der Waals surface area (Å²) in [4.78, 5) is 9.83. The molecule has 2 rings (SSSR count). The van der Waals surface area contributed by atoms with Crippen LogP contribution in [0, 0.1) is 21.4 Å². The van der Waals surface area contributed by atoms with Gasteiger partial charge in [-0.2, -0.15) is 9.57 Å². The van der Waals surface area contributed by atoms with Crippen LogP contribution in [-0.4, -0.2) is 30.2 Å². The maximum Gasteiger partial charge on any atom is 0.289 e. The van der Waals surface area contributed by atoms with Gasteiger partial charge < -0.3 is 0 Å². The highest BCUT2D eigenvalue weighted by molar-refractivity contribution is 7.89. The van der Waals surface area contributed by atoms with Gasteiger partial charge in [0.2, 0.25) is 10.0 Å². The predicted molar refractivity (Wildman–Crippen MR) is 70.6 cm³/mol. The lowest BCUT2D eigenvalue weighted by atomic mass is 10.2. The molecule has 0 amide bonds. The molecule has 0 radical (unpaired) electrons. The Morgan fingerprint density at radius 3 is 2.80 bits per heavy atom. The number of benzene rings is 1. The average molecular weight is 316 g/mol. The Bertz CT molecular complexity index is 698. The minimum Gasteiger partial charge on any atom is -0.258 e. The summed E-state index contributed by atoms with van der Waals surface area (Å²) < 4.78 is 25.9. The van der Waals surface area contributed by atoms with Crippen LogP contribution in [0.5, 0.6) is 0 Å². The Balaban J connectivity index is 2.48. The second kappa shape index (κ2) is 5.36. The standard InChI is InChI=1S/C11H10ClN3O4S/c12-10-4-3-9(6-11(10)15(16)17)20(18,19)14-5-1-2-8(14)7-13/h3-4,6,8H,1-2,5H2. The fourth-order valence-corrected chi connectivity index (χ4v) is 3.90. The van der Waals surface area contributed by atoms with Crippen molar-refractivity contribution in [1.29, 1.82) is 5.26 Å². The topological polar surface area (TPSA) is 104 Å². The minimum atomic E-state index is -3.93. The first-order valence-corrected chi connectivity index (χ1v) is 7.55. The Hall–Kier alpha value is -1.69. The first kappa shape index (κ1) is 14.7. The smallest absolute Gasteiger partial charge is 0.258 e. The highest BCUT2D eigenvalue weighted by Crippen LogP contribution is 2.31. The van der Waals surface area contributed by atoms with Crippen molar-refractivity contribution in [2.75, 3.05) is 6.54 Å². The van der Waals surface area contributed by atoms with E-state index in [1.54, 1.807) is 0 Å². The number of hydrogen-bond donors (Lipinski definition) is 0. The number of halogens is 1.